The molecule has 6 heteroatoms. The van der Waals surface area contributed by atoms with Crippen LogP contribution in [0.25, 0.3) is 11.1 Å². The summed E-state index contributed by atoms with van der Waals surface area (Å²) < 4.78 is 10.9. The predicted octanol–water partition coefficient (Wildman–Crippen LogP) is -0.478. The standard InChI is InChI=1S/C13H9.C9H15O2Si.2ClH.Zr/c1-3-7-12-10(5-1)9-11-6-2-4-8-13(11)12;1-10-8-6-5-7-9(8)11-12(2,3)4;;;/h1-5,7-8H,9H2;7H,5H2,1-4H3;2*1H;/q2*-1;;;+4/p-2. The molecule has 0 radical (unpaired) electrons. The summed E-state index contributed by atoms with van der Waals surface area (Å²) in [5.41, 5.74) is 5.51. The Kier molecular flexibility index (Phi) is 11.7. The van der Waals surface area contributed by atoms with E-state index in [9.17, 15) is 0 Å². The molecule has 4 rings (SSSR count). The smallest absolute Gasteiger partial charge is 1.00 e. The van der Waals surface area contributed by atoms with Gasteiger partial charge in [-0.15, -0.1) is 18.1 Å². The molecule has 2 aromatic carbocycles. The van der Waals surface area contributed by atoms with Crippen molar-refractivity contribution in [3.8, 4) is 11.1 Å². The zero-order valence-electron chi connectivity index (χ0n) is 16.6. The molecule has 0 spiro atoms. The van der Waals surface area contributed by atoms with Gasteiger partial charge < -0.3 is 34.0 Å². The summed E-state index contributed by atoms with van der Waals surface area (Å²) in [6, 6.07) is 18.1. The zero-order valence-corrected chi connectivity index (χ0v) is 21.6. The van der Waals surface area contributed by atoms with Crippen LogP contribution < -0.4 is 24.8 Å². The van der Waals surface area contributed by atoms with Gasteiger partial charge in [-0.2, -0.15) is 29.8 Å². The summed E-state index contributed by atoms with van der Waals surface area (Å²) in [5.74, 6) is 1.63. The Morgan fingerprint density at radius 3 is 2.32 bits per heavy atom. The molecule has 0 N–H and O–H groups in total. The molecule has 0 aromatic heterocycles. The minimum Gasteiger partial charge on any atom is -1.00 e. The quantitative estimate of drug-likeness (QED) is 0.350. The second kappa shape index (κ2) is 12.0. The monoisotopic (exact) mass is 508 g/mol. The van der Waals surface area contributed by atoms with Crippen molar-refractivity contribution in [3.05, 3.63) is 83.3 Å². The number of hydrogen-bond acceptors (Lipinski definition) is 2. The Hall–Kier alpha value is -0.800. The van der Waals surface area contributed by atoms with Crippen molar-refractivity contribution in [2.75, 3.05) is 7.11 Å². The van der Waals surface area contributed by atoms with Crippen molar-refractivity contribution >= 4 is 8.32 Å². The normalized spacial score (nSPS) is 13.0. The largest absolute Gasteiger partial charge is 4.00 e. The minimum atomic E-state index is -1.49. The molecule has 0 atom stereocenters. The molecule has 146 valence electrons. The van der Waals surface area contributed by atoms with Crippen molar-refractivity contribution in [3.63, 3.8) is 0 Å². The van der Waals surface area contributed by atoms with Gasteiger partial charge in [-0.3, -0.25) is 0 Å². The maximum atomic E-state index is 5.78. The van der Waals surface area contributed by atoms with Crippen LogP contribution in [0.4, 0.5) is 0 Å². The van der Waals surface area contributed by atoms with Crippen LogP contribution in [0.3, 0.4) is 0 Å². The van der Waals surface area contributed by atoms with Crippen LogP contribution in [0.5, 0.6) is 0 Å². The van der Waals surface area contributed by atoms with E-state index in [-0.39, 0.29) is 51.0 Å². The Morgan fingerprint density at radius 1 is 0.964 bits per heavy atom. The van der Waals surface area contributed by atoms with Gasteiger partial charge in [-0.25, -0.2) is 6.08 Å². The van der Waals surface area contributed by atoms with Gasteiger partial charge in [0.25, 0.3) is 0 Å². The molecule has 0 bridgehead atoms. The summed E-state index contributed by atoms with van der Waals surface area (Å²) in [7, 11) is 0.158. The third-order valence-electron chi connectivity index (χ3n) is 4.01. The molecular weight excluding hydrogens is 486 g/mol. The first-order valence-corrected chi connectivity index (χ1v) is 12.0. The molecule has 0 fully saturated rings. The molecule has 0 saturated heterocycles. The summed E-state index contributed by atoms with van der Waals surface area (Å²) in [4.78, 5) is 0. The molecule has 28 heavy (non-hydrogen) atoms. The van der Waals surface area contributed by atoms with E-state index >= 15 is 0 Å². The van der Waals surface area contributed by atoms with E-state index in [1.807, 2.05) is 12.1 Å². The topological polar surface area (TPSA) is 18.5 Å². The van der Waals surface area contributed by atoms with Crippen LogP contribution in [0.2, 0.25) is 19.6 Å². The molecule has 0 aliphatic heterocycles. The number of halogens is 2. The van der Waals surface area contributed by atoms with Crippen LogP contribution >= 0.6 is 0 Å². The van der Waals surface area contributed by atoms with Gasteiger partial charge in [0, 0.05) is 0 Å². The van der Waals surface area contributed by atoms with E-state index in [1.165, 1.54) is 22.3 Å². The van der Waals surface area contributed by atoms with Gasteiger partial charge in [-0.05, 0) is 37.6 Å². The summed E-state index contributed by atoms with van der Waals surface area (Å²) in [5, 5.41) is 0. The van der Waals surface area contributed by atoms with Crippen LogP contribution in [-0.4, -0.2) is 15.4 Å². The van der Waals surface area contributed by atoms with Gasteiger partial charge in [0.05, 0.1) is 7.11 Å². The first kappa shape index (κ1) is 27.2. The van der Waals surface area contributed by atoms with Crippen LogP contribution in [0, 0.1) is 12.1 Å². The van der Waals surface area contributed by atoms with Crippen molar-refractivity contribution in [2.24, 2.45) is 0 Å². The van der Waals surface area contributed by atoms with Crippen LogP contribution in [0.15, 0.2) is 60.1 Å². The fraction of sp³-hybridized carbons (Fsp3) is 0.273. The van der Waals surface area contributed by atoms with E-state index in [1.54, 1.807) is 7.11 Å². The van der Waals surface area contributed by atoms with Gasteiger partial charge in [0.15, 0.2) is 0 Å². The van der Waals surface area contributed by atoms with Crippen molar-refractivity contribution in [1.82, 2.24) is 0 Å². The van der Waals surface area contributed by atoms with Gasteiger partial charge in [0.2, 0.25) is 8.32 Å². The molecule has 0 saturated carbocycles. The Labute approximate surface area is 201 Å². The molecule has 0 unspecified atom stereocenters. The molecular formula is C22H24Cl2O2SiZr. The SMILES string of the molecule is COC1=[C-]CC=C1O[Si](C)(C)C.[Cl-].[Cl-].[Zr+4].[c-]1cccc2c1Cc1ccccc1-2. The third-order valence-corrected chi connectivity index (χ3v) is 4.84. The predicted molar refractivity (Wildman–Crippen MR) is 104 cm³/mol. The number of hydrogen-bond donors (Lipinski definition) is 0. The fourth-order valence-corrected chi connectivity index (χ4v) is 3.84. The van der Waals surface area contributed by atoms with Gasteiger partial charge in [0.1, 0.15) is 0 Å². The van der Waals surface area contributed by atoms with Crippen LogP contribution in [-0.2, 0) is 41.8 Å². The van der Waals surface area contributed by atoms with Crippen LogP contribution in [0.1, 0.15) is 17.5 Å². The number of ether oxygens (including phenoxy) is 1. The number of fused-ring (bicyclic) bond motifs is 3. The molecule has 0 amide bonds. The van der Waals surface area contributed by atoms with E-state index < -0.39 is 8.32 Å². The number of benzene rings is 2. The number of allylic oxidation sites excluding steroid dienone is 2. The van der Waals surface area contributed by atoms with E-state index in [4.69, 9.17) is 9.16 Å². The van der Waals surface area contributed by atoms with E-state index in [0.29, 0.717) is 0 Å². The maximum Gasteiger partial charge on any atom is 4.00 e. The Bertz CT molecular complexity index is 786. The van der Waals surface area contributed by atoms with Crippen molar-refractivity contribution in [1.29, 1.82) is 0 Å². The molecule has 2 aromatic rings. The summed E-state index contributed by atoms with van der Waals surface area (Å²) in [6.07, 6.45) is 6.95. The molecule has 2 nitrogen and oxygen atoms in total. The second-order valence-corrected chi connectivity index (χ2v) is 11.5. The number of methoxy groups -OCH3 is 1. The Balaban J connectivity index is 0.000000472. The van der Waals surface area contributed by atoms with Crippen molar-refractivity contribution in [2.45, 2.75) is 32.5 Å². The Morgan fingerprint density at radius 2 is 1.64 bits per heavy atom. The molecule has 2 aliphatic rings. The fourth-order valence-electron chi connectivity index (χ4n) is 3.00. The first-order valence-electron chi connectivity index (χ1n) is 8.60. The maximum absolute atomic E-state index is 5.78. The third kappa shape index (κ3) is 6.91. The van der Waals surface area contributed by atoms with Gasteiger partial charge >= 0.3 is 26.2 Å². The second-order valence-electron chi connectivity index (χ2n) is 7.09. The minimum absolute atomic E-state index is 0. The zero-order chi connectivity index (χ0) is 17.9. The number of rotatable bonds is 3. The average molecular weight is 511 g/mol. The summed E-state index contributed by atoms with van der Waals surface area (Å²) >= 11 is 0. The summed E-state index contributed by atoms with van der Waals surface area (Å²) in [6.45, 7) is 6.46. The average Bonchev–Trinajstić information content (AvgIpc) is 3.17. The van der Waals surface area contributed by atoms with E-state index in [2.05, 4.69) is 68.2 Å². The molecule has 2 aliphatic carbocycles. The van der Waals surface area contributed by atoms with Crippen molar-refractivity contribution < 1.29 is 60.2 Å². The molecule has 0 heterocycles. The van der Waals surface area contributed by atoms with E-state index in [0.717, 1.165) is 24.4 Å². The van der Waals surface area contributed by atoms with Gasteiger partial charge in [-0.1, -0.05) is 35.4 Å². The first-order chi connectivity index (χ1) is 12.0.